The zero-order valence-corrected chi connectivity index (χ0v) is 12.0. The Morgan fingerprint density at radius 3 is 2.17 bits per heavy atom. The maximum Gasteiger partial charge on any atom is 0.00819 e. The second-order valence-corrected chi connectivity index (χ2v) is 7.07. The van der Waals surface area contributed by atoms with Crippen LogP contribution in [-0.4, -0.2) is 36.6 Å². The molecule has 2 heteroatoms. The molecule has 3 fully saturated rings. The maximum atomic E-state index is 3.72. The van der Waals surface area contributed by atoms with Gasteiger partial charge >= 0.3 is 0 Å². The van der Waals surface area contributed by atoms with Gasteiger partial charge in [-0.3, -0.25) is 0 Å². The van der Waals surface area contributed by atoms with E-state index < -0.39 is 0 Å². The van der Waals surface area contributed by atoms with Crippen molar-refractivity contribution in [2.24, 2.45) is 11.8 Å². The summed E-state index contributed by atoms with van der Waals surface area (Å²) in [4.78, 5) is 2.83. The van der Waals surface area contributed by atoms with Crippen LogP contribution in [0.5, 0.6) is 0 Å². The van der Waals surface area contributed by atoms with Crippen LogP contribution in [-0.2, 0) is 0 Å². The number of piperidine rings is 1. The molecule has 2 atom stereocenters. The Kier molecular flexibility index (Phi) is 4.25. The van der Waals surface area contributed by atoms with E-state index in [1.54, 1.807) is 0 Å². The number of rotatable bonds is 7. The SMILES string of the molecule is CC(CC1CCCCN1)N(CC1CC1)CC1CC1. The average Bonchev–Trinajstić information content (AvgIpc) is 3.24. The normalized spacial score (nSPS) is 30.7. The van der Waals surface area contributed by atoms with Gasteiger partial charge in [-0.15, -0.1) is 0 Å². The third kappa shape index (κ3) is 3.96. The Labute approximate surface area is 113 Å². The molecule has 2 saturated carbocycles. The Balaban J connectivity index is 1.47. The molecule has 0 aromatic rings. The lowest BCUT2D eigenvalue weighted by molar-refractivity contribution is 0.166. The van der Waals surface area contributed by atoms with Gasteiger partial charge in [-0.25, -0.2) is 0 Å². The Morgan fingerprint density at radius 1 is 1.00 bits per heavy atom. The van der Waals surface area contributed by atoms with Crippen LogP contribution in [0.2, 0.25) is 0 Å². The molecule has 104 valence electrons. The molecule has 0 aromatic heterocycles. The highest BCUT2D eigenvalue weighted by Gasteiger charge is 2.32. The summed E-state index contributed by atoms with van der Waals surface area (Å²) in [6, 6.07) is 1.59. The summed E-state index contributed by atoms with van der Waals surface area (Å²) in [6.45, 7) is 6.51. The molecule has 2 unspecified atom stereocenters. The lowest BCUT2D eigenvalue weighted by Crippen LogP contribution is -2.43. The van der Waals surface area contributed by atoms with Crippen molar-refractivity contribution >= 4 is 0 Å². The van der Waals surface area contributed by atoms with Gasteiger partial charge in [0.25, 0.3) is 0 Å². The molecular formula is C16H30N2. The molecule has 0 amide bonds. The monoisotopic (exact) mass is 250 g/mol. The van der Waals surface area contributed by atoms with Crippen LogP contribution in [0.1, 0.15) is 58.3 Å². The molecule has 0 aromatic carbocycles. The van der Waals surface area contributed by atoms with Gasteiger partial charge in [0.2, 0.25) is 0 Å². The summed E-state index contributed by atoms with van der Waals surface area (Å²) >= 11 is 0. The first-order valence-electron chi connectivity index (χ1n) is 8.28. The van der Waals surface area contributed by atoms with Crippen LogP contribution in [0.15, 0.2) is 0 Å². The van der Waals surface area contributed by atoms with Crippen molar-refractivity contribution in [3.8, 4) is 0 Å². The van der Waals surface area contributed by atoms with E-state index in [4.69, 9.17) is 0 Å². The van der Waals surface area contributed by atoms with E-state index in [1.165, 1.54) is 71.0 Å². The summed E-state index contributed by atoms with van der Waals surface area (Å²) in [6.07, 6.45) is 11.6. The van der Waals surface area contributed by atoms with Crippen molar-refractivity contribution in [2.75, 3.05) is 19.6 Å². The van der Waals surface area contributed by atoms with Gasteiger partial charge in [0.05, 0.1) is 0 Å². The van der Waals surface area contributed by atoms with E-state index in [2.05, 4.69) is 17.1 Å². The van der Waals surface area contributed by atoms with Crippen molar-refractivity contribution < 1.29 is 0 Å². The summed E-state index contributed by atoms with van der Waals surface area (Å²) < 4.78 is 0. The first-order chi connectivity index (χ1) is 8.81. The zero-order chi connectivity index (χ0) is 12.4. The molecule has 2 aliphatic carbocycles. The standard InChI is InChI=1S/C16H30N2/c1-13(10-16-4-2-3-9-17-16)18(11-14-5-6-14)12-15-7-8-15/h13-17H,2-12H2,1H3. The van der Waals surface area contributed by atoms with Crippen molar-refractivity contribution in [1.29, 1.82) is 0 Å². The summed E-state index contributed by atoms with van der Waals surface area (Å²) in [7, 11) is 0. The Hall–Kier alpha value is -0.0800. The summed E-state index contributed by atoms with van der Waals surface area (Å²) in [5.41, 5.74) is 0. The van der Waals surface area contributed by atoms with Gasteiger partial charge in [-0.1, -0.05) is 6.42 Å². The molecule has 1 saturated heterocycles. The van der Waals surface area contributed by atoms with Crippen LogP contribution >= 0.6 is 0 Å². The molecule has 1 N–H and O–H groups in total. The van der Waals surface area contributed by atoms with Gasteiger partial charge < -0.3 is 10.2 Å². The second-order valence-electron chi connectivity index (χ2n) is 7.07. The van der Waals surface area contributed by atoms with Crippen molar-refractivity contribution in [3.63, 3.8) is 0 Å². The molecule has 3 rings (SSSR count). The smallest absolute Gasteiger partial charge is 0.00819 e. The largest absolute Gasteiger partial charge is 0.314 e. The van der Waals surface area contributed by atoms with Crippen LogP contribution in [0.4, 0.5) is 0 Å². The van der Waals surface area contributed by atoms with Gasteiger partial charge in [-0.2, -0.15) is 0 Å². The number of hydrogen-bond acceptors (Lipinski definition) is 2. The molecule has 1 heterocycles. The lowest BCUT2D eigenvalue weighted by Gasteiger charge is -2.33. The van der Waals surface area contributed by atoms with E-state index in [1.807, 2.05) is 0 Å². The van der Waals surface area contributed by atoms with E-state index in [9.17, 15) is 0 Å². The van der Waals surface area contributed by atoms with Crippen LogP contribution in [0, 0.1) is 11.8 Å². The van der Waals surface area contributed by atoms with Gasteiger partial charge in [0.1, 0.15) is 0 Å². The second kappa shape index (κ2) is 5.92. The first-order valence-corrected chi connectivity index (χ1v) is 8.28. The van der Waals surface area contributed by atoms with Crippen molar-refractivity contribution in [3.05, 3.63) is 0 Å². The highest BCUT2D eigenvalue weighted by Crippen LogP contribution is 2.35. The highest BCUT2D eigenvalue weighted by molar-refractivity contribution is 4.86. The molecule has 1 aliphatic heterocycles. The Bertz CT molecular complexity index is 238. The highest BCUT2D eigenvalue weighted by atomic mass is 15.2. The predicted octanol–water partition coefficient (Wildman–Crippen LogP) is 3.03. The third-order valence-corrected chi connectivity index (χ3v) is 5.04. The van der Waals surface area contributed by atoms with E-state index in [0.717, 1.165) is 23.9 Å². The van der Waals surface area contributed by atoms with Crippen LogP contribution < -0.4 is 5.32 Å². The number of nitrogens with one attached hydrogen (secondary N) is 1. The number of nitrogens with zero attached hydrogens (tertiary/aromatic N) is 1. The third-order valence-electron chi connectivity index (χ3n) is 5.04. The molecule has 2 nitrogen and oxygen atoms in total. The molecule has 0 spiro atoms. The molecule has 3 aliphatic rings. The molecular weight excluding hydrogens is 220 g/mol. The number of hydrogen-bond donors (Lipinski definition) is 1. The summed E-state index contributed by atoms with van der Waals surface area (Å²) in [5.74, 6) is 2.09. The van der Waals surface area contributed by atoms with Gasteiger partial charge in [0.15, 0.2) is 0 Å². The maximum absolute atomic E-state index is 3.72. The quantitative estimate of drug-likeness (QED) is 0.747. The summed E-state index contributed by atoms with van der Waals surface area (Å²) in [5, 5.41) is 3.72. The molecule has 0 radical (unpaired) electrons. The zero-order valence-electron chi connectivity index (χ0n) is 12.0. The van der Waals surface area contributed by atoms with Gasteiger partial charge in [0, 0.05) is 25.2 Å². The minimum absolute atomic E-state index is 0.793. The average molecular weight is 250 g/mol. The van der Waals surface area contributed by atoms with Gasteiger partial charge in [-0.05, 0) is 70.3 Å². The van der Waals surface area contributed by atoms with Crippen LogP contribution in [0.25, 0.3) is 0 Å². The Morgan fingerprint density at radius 2 is 1.67 bits per heavy atom. The fourth-order valence-corrected chi connectivity index (χ4v) is 3.38. The van der Waals surface area contributed by atoms with Crippen LogP contribution in [0.3, 0.4) is 0 Å². The minimum atomic E-state index is 0.793. The first kappa shape index (κ1) is 12.9. The van der Waals surface area contributed by atoms with Crippen molar-refractivity contribution in [2.45, 2.75) is 70.4 Å². The minimum Gasteiger partial charge on any atom is -0.314 e. The fraction of sp³-hybridized carbons (Fsp3) is 1.00. The lowest BCUT2D eigenvalue weighted by atomic mass is 9.98. The van der Waals surface area contributed by atoms with Crippen molar-refractivity contribution in [1.82, 2.24) is 10.2 Å². The van der Waals surface area contributed by atoms with E-state index >= 15 is 0 Å². The molecule has 0 bridgehead atoms. The topological polar surface area (TPSA) is 15.3 Å². The fourth-order valence-electron chi connectivity index (χ4n) is 3.38. The molecule has 18 heavy (non-hydrogen) atoms. The van der Waals surface area contributed by atoms with E-state index in [0.29, 0.717) is 0 Å². The predicted molar refractivity (Wildman–Crippen MR) is 76.7 cm³/mol. The van der Waals surface area contributed by atoms with E-state index in [-0.39, 0.29) is 0 Å².